The maximum absolute atomic E-state index is 12.4. The minimum Gasteiger partial charge on any atom is -0.496 e. The minimum atomic E-state index is -4.42. The highest BCUT2D eigenvalue weighted by Crippen LogP contribution is 2.20. The van der Waals surface area contributed by atoms with E-state index >= 15 is 0 Å². The van der Waals surface area contributed by atoms with Crippen molar-refractivity contribution in [3.63, 3.8) is 0 Å². The van der Waals surface area contributed by atoms with Crippen molar-refractivity contribution in [1.29, 1.82) is 0 Å². The molecule has 0 aliphatic rings. The molecule has 2 rings (SSSR count). The van der Waals surface area contributed by atoms with Crippen molar-refractivity contribution >= 4 is 5.96 Å². The second-order valence-electron chi connectivity index (χ2n) is 5.46. The van der Waals surface area contributed by atoms with Gasteiger partial charge in [-0.2, -0.15) is 13.2 Å². The smallest absolute Gasteiger partial charge is 0.422 e. The lowest BCUT2D eigenvalue weighted by Crippen LogP contribution is -2.36. The number of aliphatic imine (C=N–C) groups is 1. The Kier molecular flexibility index (Phi) is 7.27. The van der Waals surface area contributed by atoms with Crippen LogP contribution in [0.3, 0.4) is 0 Å². The molecule has 2 aromatic rings. The molecule has 0 saturated heterocycles. The van der Waals surface area contributed by atoms with Crippen molar-refractivity contribution in [3.05, 3.63) is 53.7 Å². The molecule has 1 heterocycles. The van der Waals surface area contributed by atoms with Crippen molar-refractivity contribution < 1.29 is 22.6 Å². The van der Waals surface area contributed by atoms with Gasteiger partial charge >= 0.3 is 6.18 Å². The second kappa shape index (κ2) is 9.65. The molecule has 0 radical (unpaired) electrons. The molecule has 9 heteroatoms. The Labute approximate surface area is 155 Å². The fourth-order valence-corrected chi connectivity index (χ4v) is 2.27. The number of halogens is 3. The Bertz CT molecular complexity index is 766. The van der Waals surface area contributed by atoms with E-state index in [9.17, 15) is 13.2 Å². The van der Waals surface area contributed by atoms with E-state index in [0.29, 0.717) is 18.1 Å². The third-order valence-corrected chi connectivity index (χ3v) is 3.53. The number of pyridine rings is 1. The first kappa shape index (κ1) is 20.3. The number of hydrogen-bond donors (Lipinski definition) is 2. The SMILES string of the molecule is CN=C(NCc1ccccc1OC)NCc1cccnc1OCC(F)(F)F. The number of nitrogens with zero attached hydrogens (tertiary/aromatic N) is 2. The molecule has 146 valence electrons. The molecular formula is C18H21F3N4O2. The quantitative estimate of drug-likeness (QED) is 0.569. The monoisotopic (exact) mass is 382 g/mol. The summed E-state index contributed by atoms with van der Waals surface area (Å²) in [6.07, 6.45) is -3.04. The number of methoxy groups -OCH3 is 1. The third-order valence-electron chi connectivity index (χ3n) is 3.53. The summed E-state index contributed by atoms with van der Waals surface area (Å²) >= 11 is 0. The van der Waals surface area contributed by atoms with E-state index in [0.717, 1.165) is 11.3 Å². The van der Waals surface area contributed by atoms with Crippen LogP contribution in [-0.4, -0.2) is 37.9 Å². The standard InChI is InChI=1S/C18H21F3N4O2/c1-22-17(24-10-13-6-3-4-8-15(13)26-2)25-11-14-7-5-9-23-16(14)27-12-18(19,20)21/h3-9H,10-12H2,1-2H3,(H2,22,24,25). The number of hydrogen-bond acceptors (Lipinski definition) is 4. The molecule has 0 amide bonds. The van der Waals surface area contributed by atoms with Crippen LogP contribution in [0, 0.1) is 0 Å². The lowest BCUT2D eigenvalue weighted by Gasteiger charge is -2.15. The minimum absolute atomic E-state index is 0.0671. The Balaban J connectivity index is 1.94. The van der Waals surface area contributed by atoms with Crippen LogP contribution in [0.2, 0.25) is 0 Å². The van der Waals surface area contributed by atoms with E-state index in [-0.39, 0.29) is 12.4 Å². The first-order valence-corrected chi connectivity index (χ1v) is 8.13. The highest BCUT2D eigenvalue weighted by atomic mass is 19.4. The maximum Gasteiger partial charge on any atom is 0.422 e. The van der Waals surface area contributed by atoms with Gasteiger partial charge in [-0.05, 0) is 12.1 Å². The van der Waals surface area contributed by atoms with Crippen LogP contribution in [0.25, 0.3) is 0 Å². The Morgan fingerprint density at radius 3 is 2.41 bits per heavy atom. The van der Waals surface area contributed by atoms with Crippen LogP contribution < -0.4 is 20.1 Å². The summed E-state index contributed by atoms with van der Waals surface area (Å²) in [5, 5.41) is 6.15. The first-order valence-electron chi connectivity index (χ1n) is 8.13. The van der Waals surface area contributed by atoms with Crippen LogP contribution >= 0.6 is 0 Å². The molecule has 0 saturated carbocycles. The van der Waals surface area contributed by atoms with Crippen molar-refractivity contribution in [1.82, 2.24) is 15.6 Å². The molecule has 1 aromatic heterocycles. The molecule has 6 nitrogen and oxygen atoms in total. The van der Waals surface area contributed by atoms with Crippen LogP contribution in [0.1, 0.15) is 11.1 Å². The van der Waals surface area contributed by atoms with Gasteiger partial charge in [0, 0.05) is 37.5 Å². The fraction of sp³-hybridized carbons (Fsp3) is 0.333. The van der Waals surface area contributed by atoms with Crippen molar-refractivity contribution in [3.8, 4) is 11.6 Å². The van der Waals surface area contributed by atoms with Gasteiger partial charge in [0.05, 0.1) is 7.11 Å². The lowest BCUT2D eigenvalue weighted by atomic mass is 10.2. The summed E-state index contributed by atoms with van der Waals surface area (Å²) in [7, 11) is 3.19. The van der Waals surface area contributed by atoms with Crippen LogP contribution in [0.15, 0.2) is 47.6 Å². The van der Waals surface area contributed by atoms with Gasteiger partial charge in [-0.3, -0.25) is 4.99 Å². The van der Waals surface area contributed by atoms with E-state index in [1.165, 1.54) is 6.20 Å². The van der Waals surface area contributed by atoms with E-state index in [4.69, 9.17) is 9.47 Å². The zero-order valence-corrected chi connectivity index (χ0v) is 15.0. The molecule has 0 fully saturated rings. The highest BCUT2D eigenvalue weighted by molar-refractivity contribution is 5.79. The third kappa shape index (κ3) is 6.69. The average Bonchev–Trinajstić information content (AvgIpc) is 2.66. The van der Waals surface area contributed by atoms with Crippen molar-refractivity contribution in [2.45, 2.75) is 19.3 Å². The van der Waals surface area contributed by atoms with E-state index < -0.39 is 12.8 Å². The molecule has 0 atom stereocenters. The Morgan fingerprint density at radius 1 is 1.07 bits per heavy atom. The molecule has 0 aliphatic heterocycles. The first-order chi connectivity index (χ1) is 12.9. The number of benzene rings is 1. The van der Waals surface area contributed by atoms with Crippen LogP contribution in [0.5, 0.6) is 11.6 Å². The molecule has 0 unspecified atom stereocenters. The predicted molar refractivity (Wildman–Crippen MR) is 95.8 cm³/mol. The van der Waals surface area contributed by atoms with Crippen LogP contribution in [-0.2, 0) is 13.1 Å². The van der Waals surface area contributed by atoms with Gasteiger partial charge < -0.3 is 20.1 Å². The van der Waals surface area contributed by atoms with Gasteiger partial charge in [0.25, 0.3) is 0 Å². The van der Waals surface area contributed by atoms with E-state index in [1.54, 1.807) is 26.3 Å². The number of nitrogens with one attached hydrogen (secondary N) is 2. The summed E-state index contributed by atoms with van der Waals surface area (Å²) in [5.41, 5.74) is 1.43. The van der Waals surface area contributed by atoms with Gasteiger partial charge in [-0.15, -0.1) is 0 Å². The molecule has 2 N–H and O–H groups in total. The van der Waals surface area contributed by atoms with E-state index in [2.05, 4.69) is 20.6 Å². The Morgan fingerprint density at radius 2 is 1.74 bits per heavy atom. The van der Waals surface area contributed by atoms with Gasteiger partial charge in [0.2, 0.25) is 5.88 Å². The summed E-state index contributed by atoms with van der Waals surface area (Å²) in [4.78, 5) is 7.96. The average molecular weight is 382 g/mol. The Hall–Kier alpha value is -2.97. The number of alkyl halides is 3. The molecule has 0 bridgehead atoms. The zero-order valence-electron chi connectivity index (χ0n) is 15.0. The normalized spacial score (nSPS) is 11.8. The molecule has 27 heavy (non-hydrogen) atoms. The van der Waals surface area contributed by atoms with Gasteiger partial charge in [0.15, 0.2) is 12.6 Å². The number of para-hydroxylation sites is 1. The number of rotatable bonds is 7. The number of aromatic nitrogens is 1. The topological polar surface area (TPSA) is 67.8 Å². The van der Waals surface area contributed by atoms with Crippen molar-refractivity contribution in [2.24, 2.45) is 4.99 Å². The van der Waals surface area contributed by atoms with Crippen LogP contribution in [0.4, 0.5) is 13.2 Å². The number of guanidine groups is 1. The van der Waals surface area contributed by atoms with Gasteiger partial charge in [-0.25, -0.2) is 4.98 Å². The summed E-state index contributed by atoms with van der Waals surface area (Å²) in [6, 6.07) is 10.8. The maximum atomic E-state index is 12.4. The number of ether oxygens (including phenoxy) is 2. The van der Waals surface area contributed by atoms with Gasteiger partial charge in [0.1, 0.15) is 5.75 Å². The van der Waals surface area contributed by atoms with Gasteiger partial charge in [-0.1, -0.05) is 24.3 Å². The second-order valence-corrected chi connectivity index (χ2v) is 5.46. The molecular weight excluding hydrogens is 361 g/mol. The lowest BCUT2D eigenvalue weighted by molar-refractivity contribution is -0.154. The summed E-state index contributed by atoms with van der Waals surface area (Å²) in [6.45, 7) is -0.724. The van der Waals surface area contributed by atoms with E-state index in [1.807, 2.05) is 24.3 Å². The molecule has 0 spiro atoms. The fourth-order valence-electron chi connectivity index (χ4n) is 2.27. The summed E-state index contributed by atoms with van der Waals surface area (Å²) in [5.74, 6) is 1.16. The summed E-state index contributed by atoms with van der Waals surface area (Å²) < 4.78 is 47.1. The zero-order chi connectivity index (χ0) is 19.7. The molecule has 1 aromatic carbocycles. The van der Waals surface area contributed by atoms with Crippen molar-refractivity contribution in [2.75, 3.05) is 20.8 Å². The highest BCUT2D eigenvalue weighted by Gasteiger charge is 2.29. The predicted octanol–water partition coefficient (Wildman–Crippen LogP) is 2.90. The largest absolute Gasteiger partial charge is 0.496 e. The molecule has 0 aliphatic carbocycles.